The van der Waals surface area contributed by atoms with Crippen molar-refractivity contribution >= 4 is 21.9 Å². The molecule has 2 rings (SSSR count). The number of sulfone groups is 1. The minimum atomic E-state index is -2.99. The van der Waals surface area contributed by atoms with Gasteiger partial charge >= 0.3 is 6.09 Å². The summed E-state index contributed by atoms with van der Waals surface area (Å²) in [5.74, 6) is 0.963. The molecule has 0 radical (unpaired) electrons. The molecular weight excluding hydrogens is 356 g/mol. The van der Waals surface area contributed by atoms with Crippen molar-refractivity contribution in [3.8, 4) is 0 Å². The van der Waals surface area contributed by atoms with Crippen molar-refractivity contribution in [1.29, 1.82) is 0 Å². The molecule has 26 heavy (non-hydrogen) atoms. The molecule has 0 aromatic carbocycles. The molecule has 0 aromatic rings. The Hall–Kier alpha value is -1.51. The van der Waals surface area contributed by atoms with Crippen LogP contribution >= 0.6 is 0 Å². The quantitative estimate of drug-likeness (QED) is 0.538. The molecule has 1 atom stereocenters. The van der Waals surface area contributed by atoms with E-state index >= 15 is 0 Å². The van der Waals surface area contributed by atoms with Crippen molar-refractivity contribution < 1.29 is 17.9 Å². The van der Waals surface area contributed by atoms with Gasteiger partial charge < -0.3 is 20.3 Å². The summed E-state index contributed by atoms with van der Waals surface area (Å²) >= 11 is 0. The van der Waals surface area contributed by atoms with E-state index in [2.05, 4.69) is 20.5 Å². The number of guanidine groups is 1. The van der Waals surface area contributed by atoms with E-state index in [4.69, 9.17) is 4.74 Å². The zero-order valence-electron chi connectivity index (χ0n) is 16.5. The van der Waals surface area contributed by atoms with Gasteiger partial charge in [-0.3, -0.25) is 4.99 Å². The maximum Gasteiger partial charge on any atom is 0.407 e. The fourth-order valence-electron chi connectivity index (χ4n) is 3.25. The summed E-state index contributed by atoms with van der Waals surface area (Å²) < 4.78 is 28.5. The number of hydrogen-bond donors (Lipinski definition) is 2. The first kappa shape index (κ1) is 20.8. The van der Waals surface area contributed by atoms with E-state index in [9.17, 15) is 13.2 Å². The average Bonchev–Trinajstić information content (AvgIpc) is 3.03. The van der Waals surface area contributed by atoms with Crippen molar-refractivity contribution in [3.05, 3.63) is 0 Å². The second-order valence-electron chi connectivity index (χ2n) is 8.55. The zero-order valence-corrected chi connectivity index (χ0v) is 17.3. The van der Waals surface area contributed by atoms with Crippen LogP contribution < -0.4 is 10.6 Å². The van der Waals surface area contributed by atoms with Gasteiger partial charge in [0.2, 0.25) is 0 Å². The van der Waals surface area contributed by atoms with Crippen molar-refractivity contribution in [2.45, 2.75) is 51.7 Å². The highest BCUT2D eigenvalue weighted by Gasteiger charge is 2.45. The highest BCUT2D eigenvalue weighted by atomic mass is 32.2. The molecule has 2 fully saturated rings. The highest BCUT2D eigenvalue weighted by Crippen LogP contribution is 2.46. The van der Waals surface area contributed by atoms with Crippen LogP contribution in [0.5, 0.6) is 0 Å². The molecule has 1 saturated carbocycles. The molecule has 0 unspecified atom stereocenters. The SMILES string of the molecule is CN=C(NCC1(CS(C)(=O)=O)CC1)N1CC[C@@H](NC(=O)OC(C)(C)C)C1. The molecule has 2 N–H and O–H groups in total. The maximum atomic E-state index is 11.9. The number of ether oxygens (including phenoxy) is 1. The van der Waals surface area contributed by atoms with Gasteiger partial charge in [0.25, 0.3) is 0 Å². The summed E-state index contributed by atoms with van der Waals surface area (Å²) in [6.07, 6.45) is 3.54. The Labute approximate surface area is 156 Å². The summed E-state index contributed by atoms with van der Waals surface area (Å²) in [5, 5.41) is 6.21. The third-order valence-electron chi connectivity index (χ3n) is 4.57. The Morgan fingerprint density at radius 1 is 1.35 bits per heavy atom. The third-order valence-corrected chi connectivity index (χ3v) is 5.70. The topological polar surface area (TPSA) is 100 Å². The number of aliphatic imine (C=N–C) groups is 1. The first-order valence-electron chi connectivity index (χ1n) is 9.04. The molecule has 0 bridgehead atoms. The van der Waals surface area contributed by atoms with E-state index in [1.807, 2.05) is 20.8 Å². The molecular formula is C17H32N4O4S. The smallest absolute Gasteiger partial charge is 0.407 e. The molecule has 1 amide bonds. The summed E-state index contributed by atoms with van der Waals surface area (Å²) in [5.41, 5.74) is -0.671. The molecule has 1 heterocycles. The van der Waals surface area contributed by atoms with E-state index < -0.39 is 21.5 Å². The van der Waals surface area contributed by atoms with E-state index in [0.717, 1.165) is 31.8 Å². The summed E-state index contributed by atoms with van der Waals surface area (Å²) in [6.45, 7) is 7.54. The number of likely N-dealkylation sites (tertiary alicyclic amines) is 1. The lowest BCUT2D eigenvalue weighted by atomic mass is 10.1. The minimum Gasteiger partial charge on any atom is -0.444 e. The average molecular weight is 389 g/mol. The number of nitrogens with one attached hydrogen (secondary N) is 2. The second-order valence-corrected chi connectivity index (χ2v) is 10.7. The Morgan fingerprint density at radius 2 is 2.00 bits per heavy atom. The van der Waals surface area contributed by atoms with E-state index in [-0.39, 0.29) is 17.2 Å². The van der Waals surface area contributed by atoms with Crippen molar-refractivity contribution in [1.82, 2.24) is 15.5 Å². The number of alkyl carbamates (subject to hydrolysis) is 1. The predicted molar refractivity (Wildman–Crippen MR) is 102 cm³/mol. The molecule has 0 aromatic heterocycles. The van der Waals surface area contributed by atoms with E-state index in [0.29, 0.717) is 13.1 Å². The lowest BCUT2D eigenvalue weighted by Crippen LogP contribution is -2.45. The van der Waals surface area contributed by atoms with Crippen LogP contribution in [-0.4, -0.2) is 75.7 Å². The third kappa shape index (κ3) is 6.66. The largest absolute Gasteiger partial charge is 0.444 e. The van der Waals surface area contributed by atoms with Crippen LogP contribution in [0.4, 0.5) is 4.79 Å². The molecule has 150 valence electrons. The van der Waals surface area contributed by atoms with Gasteiger partial charge in [-0.05, 0) is 40.0 Å². The predicted octanol–water partition coefficient (Wildman–Crippen LogP) is 0.986. The Bertz CT molecular complexity index is 650. The summed E-state index contributed by atoms with van der Waals surface area (Å²) in [4.78, 5) is 18.3. The van der Waals surface area contributed by atoms with E-state index in [1.54, 1.807) is 7.05 Å². The van der Waals surface area contributed by atoms with Crippen LogP contribution in [0.15, 0.2) is 4.99 Å². The number of nitrogens with zero attached hydrogens (tertiary/aromatic N) is 2. The molecule has 2 aliphatic rings. The number of rotatable bonds is 5. The lowest BCUT2D eigenvalue weighted by molar-refractivity contribution is 0.0507. The molecule has 0 spiro atoms. The Balaban J connectivity index is 1.82. The lowest BCUT2D eigenvalue weighted by Gasteiger charge is -2.25. The van der Waals surface area contributed by atoms with Crippen LogP contribution in [0.25, 0.3) is 0 Å². The van der Waals surface area contributed by atoms with Gasteiger partial charge in [-0.15, -0.1) is 0 Å². The van der Waals surface area contributed by atoms with Gasteiger partial charge in [-0.25, -0.2) is 13.2 Å². The highest BCUT2D eigenvalue weighted by molar-refractivity contribution is 7.90. The van der Waals surface area contributed by atoms with Crippen molar-refractivity contribution in [2.24, 2.45) is 10.4 Å². The Morgan fingerprint density at radius 3 is 2.50 bits per heavy atom. The number of hydrogen-bond acceptors (Lipinski definition) is 5. The Kier molecular flexibility index (Phi) is 6.09. The first-order valence-corrected chi connectivity index (χ1v) is 11.1. The summed E-state index contributed by atoms with van der Waals surface area (Å²) in [7, 11) is -1.27. The van der Waals surface area contributed by atoms with Gasteiger partial charge in [0.05, 0.1) is 11.8 Å². The van der Waals surface area contributed by atoms with Gasteiger partial charge in [-0.2, -0.15) is 0 Å². The maximum absolute atomic E-state index is 11.9. The van der Waals surface area contributed by atoms with Crippen LogP contribution in [-0.2, 0) is 14.6 Å². The van der Waals surface area contributed by atoms with E-state index in [1.165, 1.54) is 6.26 Å². The van der Waals surface area contributed by atoms with Gasteiger partial charge in [-0.1, -0.05) is 0 Å². The monoisotopic (exact) mass is 388 g/mol. The van der Waals surface area contributed by atoms with Crippen molar-refractivity contribution in [2.75, 3.05) is 38.7 Å². The molecule has 1 saturated heterocycles. The van der Waals surface area contributed by atoms with Gasteiger partial charge in [0, 0.05) is 38.4 Å². The summed E-state index contributed by atoms with van der Waals surface area (Å²) in [6, 6.07) is 0.00862. The minimum absolute atomic E-state index is 0.00862. The van der Waals surface area contributed by atoms with Gasteiger partial charge in [0.15, 0.2) is 5.96 Å². The molecule has 1 aliphatic heterocycles. The standard InChI is InChI=1S/C17H32N4O4S/c1-16(2,3)25-15(22)20-13-6-9-21(10-13)14(18-4)19-11-17(7-8-17)12-26(5,23)24/h13H,6-12H2,1-5H3,(H,18,19)(H,20,22)/t13-/m1/s1. The number of carbonyl (C=O) groups is 1. The van der Waals surface area contributed by atoms with Crippen LogP contribution in [0, 0.1) is 5.41 Å². The van der Waals surface area contributed by atoms with Crippen molar-refractivity contribution in [3.63, 3.8) is 0 Å². The van der Waals surface area contributed by atoms with Crippen LogP contribution in [0.3, 0.4) is 0 Å². The fourth-order valence-corrected chi connectivity index (χ4v) is 4.75. The second kappa shape index (κ2) is 7.62. The number of carbonyl (C=O) groups excluding carboxylic acids is 1. The first-order chi connectivity index (χ1) is 11.9. The van der Waals surface area contributed by atoms with Gasteiger partial charge in [0.1, 0.15) is 15.4 Å². The zero-order chi connectivity index (χ0) is 19.6. The molecule has 8 nitrogen and oxygen atoms in total. The fraction of sp³-hybridized carbons (Fsp3) is 0.882. The molecule has 1 aliphatic carbocycles. The van der Waals surface area contributed by atoms with Crippen LogP contribution in [0.2, 0.25) is 0 Å². The number of amides is 1. The molecule has 9 heteroatoms. The normalized spacial score (nSPS) is 22.9. The van der Waals surface area contributed by atoms with Crippen LogP contribution in [0.1, 0.15) is 40.0 Å².